The maximum atomic E-state index is 13.4. The van der Waals surface area contributed by atoms with E-state index in [0.29, 0.717) is 34.5 Å². The minimum Gasteiger partial charge on any atom is -0.497 e. The van der Waals surface area contributed by atoms with E-state index in [2.05, 4.69) is 0 Å². The third-order valence-corrected chi connectivity index (χ3v) is 6.70. The molecule has 0 unspecified atom stereocenters. The number of benzene rings is 2. The van der Waals surface area contributed by atoms with E-state index in [1.807, 2.05) is 30.3 Å². The lowest BCUT2D eigenvalue weighted by Crippen LogP contribution is -2.34. The summed E-state index contributed by atoms with van der Waals surface area (Å²) < 4.78 is 23.4. The fourth-order valence-corrected chi connectivity index (χ4v) is 5.15. The summed E-state index contributed by atoms with van der Waals surface area (Å²) in [6.45, 7) is 0.117. The molecule has 8 nitrogen and oxygen atoms in total. The minimum atomic E-state index is -0.299. The Balaban J connectivity index is 1.66. The number of hydrogen-bond acceptors (Lipinski definition) is 7. The Hall–Kier alpha value is -3.46. The summed E-state index contributed by atoms with van der Waals surface area (Å²) in [7, 11) is 4.82. The van der Waals surface area contributed by atoms with Gasteiger partial charge in [-0.1, -0.05) is 17.4 Å². The number of carbonyl (C=O) groups excluding carboxylic acids is 1. The molecule has 160 valence electrons. The van der Waals surface area contributed by atoms with Crippen LogP contribution in [0.25, 0.3) is 0 Å². The largest absolute Gasteiger partial charge is 0.497 e. The number of nitrogens with zero attached hydrogens (tertiary/aromatic N) is 2. The van der Waals surface area contributed by atoms with Crippen LogP contribution < -0.4 is 28.7 Å². The Morgan fingerprint density at radius 3 is 2.71 bits per heavy atom. The van der Waals surface area contributed by atoms with Crippen molar-refractivity contribution in [3.05, 3.63) is 56.5 Å². The zero-order valence-corrected chi connectivity index (χ0v) is 18.0. The molecule has 9 heteroatoms. The van der Waals surface area contributed by atoms with E-state index in [9.17, 15) is 9.59 Å². The quantitative estimate of drug-likeness (QED) is 0.619. The highest BCUT2D eigenvalue weighted by Crippen LogP contribution is 2.49. The van der Waals surface area contributed by atoms with Crippen LogP contribution in [-0.4, -0.2) is 31.5 Å². The number of thiazole rings is 1. The summed E-state index contributed by atoms with van der Waals surface area (Å²) in [6, 6.07) is 11.0. The number of ether oxygens (including phenoxy) is 4. The molecule has 0 saturated carbocycles. The molecule has 0 saturated heterocycles. The molecule has 2 aliphatic heterocycles. The first-order chi connectivity index (χ1) is 15.0. The Kier molecular flexibility index (Phi) is 4.62. The van der Waals surface area contributed by atoms with Crippen molar-refractivity contribution in [3.63, 3.8) is 0 Å². The summed E-state index contributed by atoms with van der Waals surface area (Å²) in [5, 5.41) is 0. The van der Waals surface area contributed by atoms with Crippen molar-refractivity contribution in [3.8, 4) is 23.0 Å². The highest BCUT2D eigenvalue weighted by molar-refractivity contribution is 7.10. The van der Waals surface area contributed by atoms with E-state index in [4.69, 9.17) is 18.9 Å². The van der Waals surface area contributed by atoms with Gasteiger partial charge in [-0.3, -0.25) is 19.1 Å². The molecule has 3 heterocycles. The number of rotatable bonds is 4. The maximum Gasteiger partial charge on any atom is 0.308 e. The molecule has 0 fully saturated rings. The lowest BCUT2D eigenvalue weighted by Gasteiger charge is -2.32. The van der Waals surface area contributed by atoms with Crippen LogP contribution in [-0.2, 0) is 11.8 Å². The van der Waals surface area contributed by atoms with Crippen LogP contribution in [0.2, 0.25) is 0 Å². The van der Waals surface area contributed by atoms with Gasteiger partial charge in [0.15, 0.2) is 11.5 Å². The molecule has 2 aromatic carbocycles. The van der Waals surface area contributed by atoms with E-state index >= 15 is 0 Å². The number of aromatic nitrogens is 1. The first kappa shape index (κ1) is 19.5. The third kappa shape index (κ3) is 3.04. The fourth-order valence-electron chi connectivity index (χ4n) is 4.06. The Morgan fingerprint density at radius 2 is 1.94 bits per heavy atom. The number of methoxy groups -OCH3 is 2. The van der Waals surface area contributed by atoms with Crippen LogP contribution in [0.5, 0.6) is 23.0 Å². The highest BCUT2D eigenvalue weighted by atomic mass is 32.1. The molecular weight excluding hydrogens is 420 g/mol. The van der Waals surface area contributed by atoms with Crippen molar-refractivity contribution < 1.29 is 23.7 Å². The normalized spacial score (nSPS) is 16.9. The SMILES string of the molecule is COc1cccc(N2C(=O)C[C@H](c3cc(OC)c4c(c3)OCO4)c3sc(=O)n(C)c32)c1. The van der Waals surface area contributed by atoms with Gasteiger partial charge in [0.25, 0.3) is 0 Å². The first-order valence-electron chi connectivity index (χ1n) is 9.66. The molecule has 0 spiro atoms. The summed E-state index contributed by atoms with van der Waals surface area (Å²) in [5.74, 6) is 2.45. The Bertz CT molecular complexity index is 1250. The topological polar surface area (TPSA) is 79.2 Å². The first-order valence-corrected chi connectivity index (χ1v) is 10.5. The average Bonchev–Trinajstić information content (AvgIpc) is 3.37. The number of carbonyl (C=O) groups is 1. The number of hydrogen-bond donors (Lipinski definition) is 0. The smallest absolute Gasteiger partial charge is 0.308 e. The molecule has 2 aliphatic rings. The zero-order valence-electron chi connectivity index (χ0n) is 17.2. The highest BCUT2D eigenvalue weighted by Gasteiger charge is 2.38. The summed E-state index contributed by atoms with van der Waals surface area (Å²) >= 11 is 1.15. The van der Waals surface area contributed by atoms with Crippen molar-refractivity contribution in [2.24, 2.45) is 7.05 Å². The van der Waals surface area contributed by atoms with Gasteiger partial charge in [0.1, 0.15) is 11.6 Å². The predicted molar refractivity (Wildman–Crippen MR) is 115 cm³/mol. The maximum absolute atomic E-state index is 13.4. The molecule has 0 aliphatic carbocycles. The van der Waals surface area contributed by atoms with Gasteiger partial charge in [0.05, 0.1) is 24.8 Å². The monoisotopic (exact) mass is 440 g/mol. The van der Waals surface area contributed by atoms with E-state index in [-0.39, 0.29) is 29.9 Å². The van der Waals surface area contributed by atoms with Gasteiger partial charge >= 0.3 is 4.87 Å². The lowest BCUT2D eigenvalue weighted by atomic mass is 9.90. The average molecular weight is 440 g/mol. The van der Waals surface area contributed by atoms with Gasteiger partial charge in [-0.25, -0.2) is 0 Å². The van der Waals surface area contributed by atoms with Gasteiger partial charge in [0.2, 0.25) is 18.4 Å². The van der Waals surface area contributed by atoms with E-state index in [1.165, 1.54) is 4.57 Å². The second-order valence-electron chi connectivity index (χ2n) is 7.26. The molecule has 5 rings (SSSR count). The van der Waals surface area contributed by atoms with E-state index in [1.54, 1.807) is 32.2 Å². The van der Waals surface area contributed by atoms with Crippen LogP contribution in [0, 0.1) is 0 Å². The molecule has 0 N–H and O–H groups in total. The fraction of sp³-hybridized carbons (Fsp3) is 0.273. The van der Waals surface area contributed by atoms with Crippen molar-refractivity contribution in [1.29, 1.82) is 0 Å². The lowest BCUT2D eigenvalue weighted by molar-refractivity contribution is -0.118. The van der Waals surface area contributed by atoms with Gasteiger partial charge in [-0.2, -0.15) is 0 Å². The molecule has 31 heavy (non-hydrogen) atoms. The van der Waals surface area contributed by atoms with E-state index < -0.39 is 0 Å². The molecular formula is C22H20N2O6S. The van der Waals surface area contributed by atoms with Crippen LogP contribution >= 0.6 is 11.3 Å². The van der Waals surface area contributed by atoms with Gasteiger partial charge < -0.3 is 18.9 Å². The Morgan fingerprint density at radius 1 is 1.10 bits per heavy atom. The van der Waals surface area contributed by atoms with Crippen LogP contribution in [0.1, 0.15) is 22.8 Å². The van der Waals surface area contributed by atoms with Crippen molar-refractivity contribution >= 4 is 28.7 Å². The van der Waals surface area contributed by atoms with E-state index in [0.717, 1.165) is 21.8 Å². The standard InChI is InChI=1S/C22H20N2O6S/c1-23-21-20(31-22(23)26)15(12-7-16(28-3)19-17(8-12)29-11-30-19)10-18(25)24(21)13-5-4-6-14(9-13)27-2/h4-9,15H,10-11H2,1-3H3/t15-/m1/s1. The van der Waals surface area contributed by atoms with Gasteiger partial charge in [0, 0.05) is 25.5 Å². The van der Waals surface area contributed by atoms with Crippen molar-refractivity contribution in [1.82, 2.24) is 4.57 Å². The van der Waals surface area contributed by atoms with Crippen LogP contribution in [0.15, 0.2) is 41.2 Å². The second kappa shape index (κ2) is 7.35. The van der Waals surface area contributed by atoms with Crippen LogP contribution in [0.4, 0.5) is 11.5 Å². The summed E-state index contributed by atoms with van der Waals surface area (Å²) in [5.41, 5.74) is 1.49. The second-order valence-corrected chi connectivity index (χ2v) is 8.25. The Labute approximate surface area is 182 Å². The van der Waals surface area contributed by atoms with Gasteiger partial charge in [-0.05, 0) is 29.8 Å². The van der Waals surface area contributed by atoms with Crippen LogP contribution in [0.3, 0.4) is 0 Å². The molecule has 1 aromatic heterocycles. The number of amides is 1. The summed E-state index contributed by atoms with van der Waals surface area (Å²) in [6.07, 6.45) is 0.201. The molecule has 0 radical (unpaired) electrons. The molecule has 3 aromatic rings. The minimum absolute atomic E-state index is 0.115. The predicted octanol–water partition coefficient (Wildman–Crippen LogP) is 3.39. The van der Waals surface area contributed by atoms with Gasteiger partial charge in [-0.15, -0.1) is 0 Å². The zero-order chi connectivity index (χ0) is 21.7. The van der Waals surface area contributed by atoms with Crippen molar-refractivity contribution in [2.45, 2.75) is 12.3 Å². The molecule has 1 amide bonds. The van der Waals surface area contributed by atoms with Crippen molar-refractivity contribution in [2.75, 3.05) is 25.9 Å². The summed E-state index contributed by atoms with van der Waals surface area (Å²) in [4.78, 5) is 28.3. The third-order valence-electron chi connectivity index (χ3n) is 5.56. The molecule has 1 atom stereocenters. The molecule has 0 bridgehead atoms. The number of anilines is 2. The number of fused-ring (bicyclic) bond motifs is 2.